The summed E-state index contributed by atoms with van der Waals surface area (Å²) in [6.07, 6.45) is 5.24. The first-order valence-electron chi connectivity index (χ1n) is 8.64. The molecule has 2 aromatic heterocycles. The average Bonchev–Trinajstić information content (AvgIpc) is 2.88. The van der Waals surface area contributed by atoms with Gasteiger partial charge in [0.2, 0.25) is 0 Å². The number of aromatic nitrogens is 2. The molecule has 3 heterocycles. The number of hydrogen-bond acceptors (Lipinski definition) is 2. The van der Waals surface area contributed by atoms with Crippen molar-refractivity contribution in [1.29, 1.82) is 0 Å². The predicted molar refractivity (Wildman–Crippen MR) is 106 cm³/mol. The van der Waals surface area contributed by atoms with E-state index in [0.717, 1.165) is 35.8 Å². The number of hydrogen-bond donors (Lipinski definition) is 0. The number of nitrogens with zero attached hydrogens (tertiary/aromatic N) is 3. The van der Waals surface area contributed by atoms with Crippen molar-refractivity contribution in [3.05, 3.63) is 64.1 Å². The van der Waals surface area contributed by atoms with Gasteiger partial charge in [0, 0.05) is 53.7 Å². The fourth-order valence-electron chi connectivity index (χ4n) is 3.62. The molecule has 128 valence electrons. The third kappa shape index (κ3) is 2.99. The second-order valence-electron chi connectivity index (χ2n) is 6.94. The summed E-state index contributed by atoms with van der Waals surface area (Å²) in [7, 11) is 2.18. The van der Waals surface area contributed by atoms with Crippen molar-refractivity contribution >= 4 is 34.3 Å². The van der Waals surface area contributed by atoms with Gasteiger partial charge in [-0.1, -0.05) is 17.7 Å². The minimum absolute atomic E-state index is 0.795. The van der Waals surface area contributed by atoms with Crippen molar-refractivity contribution in [2.45, 2.75) is 26.8 Å². The Morgan fingerprint density at radius 3 is 2.84 bits per heavy atom. The smallest absolute Gasteiger partial charge is 0.0529 e. The summed E-state index contributed by atoms with van der Waals surface area (Å²) in [6.45, 7) is 6.21. The zero-order valence-corrected chi connectivity index (χ0v) is 15.6. The Morgan fingerprint density at radius 1 is 1.24 bits per heavy atom. The summed E-state index contributed by atoms with van der Waals surface area (Å²) in [6, 6.07) is 10.4. The molecule has 0 bridgehead atoms. The van der Waals surface area contributed by atoms with E-state index < -0.39 is 0 Å². The largest absolute Gasteiger partial charge is 0.320 e. The minimum Gasteiger partial charge on any atom is -0.320 e. The van der Waals surface area contributed by atoms with Crippen LogP contribution < -0.4 is 0 Å². The third-order valence-corrected chi connectivity index (χ3v) is 5.27. The van der Waals surface area contributed by atoms with Gasteiger partial charge in [0.05, 0.1) is 5.52 Å². The van der Waals surface area contributed by atoms with Gasteiger partial charge in [0.25, 0.3) is 0 Å². The van der Waals surface area contributed by atoms with E-state index >= 15 is 0 Å². The van der Waals surface area contributed by atoms with Gasteiger partial charge in [0.15, 0.2) is 0 Å². The average molecular weight is 352 g/mol. The lowest BCUT2D eigenvalue weighted by Gasteiger charge is -2.23. The van der Waals surface area contributed by atoms with Gasteiger partial charge in [0.1, 0.15) is 0 Å². The SMILES string of the molecule is CC(=Cn1c2c(c3cc(Cl)ccc31)CN(C)CC2)c1ccc(C)nc1. The number of aryl methyl sites for hydroxylation is 1. The Kier molecular flexibility index (Phi) is 4.14. The maximum Gasteiger partial charge on any atom is 0.0529 e. The van der Waals surface area contributed by atoms with Crippen LogP contribution in [0.1, 0.15) is 29.4 Å². The van der Waals surface area contributed by atoms with E-state index in [1.807, 2.05) is 19.2 Å². The molecule has 0 spiro atoms. The summed E-state index contributed by atoms with van der Waals surface area (Å²) in [5, 5.41) is 2.06. The molecule has 0 saturated carbocycles. The molecule has 0 radical (unpaired) electrons. The Morgan fingerprint density at radius 2 is 2.08 bits per heavy atom. The van der Waals surface area contributed by atoms with Crippen molar-refractivity contribution in [1.82, 2.24) is 14.5 Å². The highest BCUT2D eigenvalue weighted by Crippen LogP contribution is 2.33. The van der Waals surface area contributed by atoms with E-state index in [-0.39, 0.29) is 0 Å². The number of benzene rings is 1. The first-order valence-corrected chi connectivity index (χ1v) is 9.02. The van der Waals surface area contributed by atoms with Gasteiger partial charge in [-0.25, -0.2) is 0 Å². The lowest BCUT2D eigenvalue weighted by molar-refractivity contribution is 0.312. The van der Waals surface area contributed by atoms with Gasteiger partial charge >= 0.3 is 0 Å². The molecule has 4 rings (SSSR count). The molecule has 0 N–H and O–H groups in total. The first-order chi connectivity index (χ1) is 12.0. The van der Waals surface area contributed by atoms with Crippen LogP contribution in [0.15, 0.2) is 36.5 Å². The zero-order chi connectivity index (χ0) is 17.6. The lowest BCUT2D eigenvalue weighted by Crippen LogP contribution is -2.26. The third-order valence-electron chi connectivity index (χ3n) is 5.03. The summed E-state index contributed by atoms with van der Waals surface area (Å²) in [5.74, 6) is 0. The fraction of sp³-hybridized carbons (Fsp3) is 0.286. The van der Waals surface area contributed by atoms with Crippen LogP contribution in [0.2, 0.25) is 5.02 Å². The highest BCUT2D eigenvalue weighted by atomic mass is 35.5. The van der Waals surface area contributed by atoms with E-state index in [1.54, 1.807) is 0 Å². The molecule has 0 aliphatic carbocycles. The molecule has 1 aromatic carbocycles. The molecule has 0 fully saturated rings. The molecule has 0 unspecified atom stereocenters. The summed E-state index contributed by atoms with van der Waals surface area (Å²) >= 11 is 6.28. The quantitative estimate of drug-likeness (QED) is 0.647. The second kappa shape index (κ2) is 6.32. The molecule has 0 atom stereocenters. The summed E-state index contributed by atoms with van der Waals surface area (Å²) in [4.78, 5) is 6.80. The number of halogens is 1. The molecule has 0 amide bonds. The Labute approximate surface area is 153 Å². The van der Waals surface area contributed by atoms with E-state index in [1.165, 1.54) is 27.7 Å². The number of pyridine rings is 1. The van der Waals surface area contributed by atoms with Gasteiger partial charge in [-0.2, -0.15) is 0 Å². The van der Waals surface area contributed by atoms with Crippen molar-refractivity contribution in [2.24, 2.45) is 0 Å². The van der Waals surface area contributed by atoms with E-state index in [0.29, 0.717) is 0 Å². The van der Waals surface area contributed by atoms with Crippen molar-refractivity contribution in [3.8, 4) is 0 Å². The van der Waals surface area contributed by atoms with Crippen LogP contribution in [0.3, 0.4) is 0 Å². The summed E-state index contributed by atoms with van der Waals surface area (Å²) < 4.78 is 2.35. The van der Waals surface area contributed by atoms with E-state index in [4.69, 9.17) is 11.6 Å². The number of likely N-dealkylation sites (N-methyl/N-ethyl adjacent to an activating group) is 1. The van der Waals surface area contributed by atoms with Crippen LogP contribution >= 0.6 is 11.6 Å². The Hall–Kier alpha value is -2.10. The van der Waals surface area contributed by atoms with Crippen LogP contribution in [-0.4, -0.2) is 28.0 Å². The van der Waals surface area contributed by atoms with Crippen LogP contribution in [0.5, 0.6) is 0 Å². The van der Waals surface area contributed by atoms with Gasteiger partial charge in [-0.3, -0.25) is 4.98 Å². The molecule has 1 aliphatic rings. The van der Waals surface area contributed by atoms with Crippen LogP contribution in [-0.2, 0) is 13.0 Å². The predicted octanol–water partition coefficient (Wildman–Crippen LogP) is 5.00. The maximum atomic E-state index is 6.28. The normalized spacial score (nSPS) is 15.6. The molecular formula is C21H22ClN3. The Balaban J connectivity index is 1.89. The molecule has 1 aliphatic heterocycles. The second-order valence-corrected chi connectivity index (χ2v) is 7.38. The fourth-order valence-corrected chi connectivity index (χ4v) is 3.79. The van der Waals surface area contributed by atoms with Gasteiger partial charge in [-0.05, 0) is 61.9 Å². The summed E-state index contributed by atoms with van der Waals surface area (Å²) in [5.41, 5.74) is 7.43. The van der Waals surface area contributed by atoms with Crippen LogP contribution in [0, 0.1) is 6.92 Å². The van der Waals surface area contributed by atoms with Gasteiger partial charge in [-0.15, -0.1) is 0 Å². The van der Waals surface area contributed by atoms with Crippen LogP contribution in [0.4, 0.5) is 0 Å². The Bertz CT molecular complexity index is 967. The van der Waals surface area contributed by atoms with E-state index in [2.05, 4.69) is 58.9 Å². The topological polar surface area (TPSA) is 21.1 Å². The van der Waals surface area contributed by atoms with Crippen molar-refractivity contribution in [3.63, 3.8) is 0 Å². The molecule has 3 aromatic rings. The minimum atomic E-state index is 0.795. The molecule has 4 heteroatoms. The van der Waals surface area contributed by atoms with Crippen molar-refractivity contribution in [2.75, 3.05) is 13.6 Å². The number of rotatable bonds is 2. The molecule has 3 nitrogen and oxygen atoms in total. The monoisotopic (exact) mass is 351 g/mol. The molecule has 0 saturated heterocycles. The van der Waals surface area contributed by atoms with Crippen LogP contribution in [0.25, 0.3) is 22.7 Å². The van der Waals surface area contributed by atoms with Gasteiger partial charge < -0.3 is 9.47 Å². The van der Waals surface area contributed by atoms with E-state index in [9.17, 15) is 0 Å². The first kappa shape index (κ1) is 16.4. The highest BCUT2D eigenvalue weighted by molar-refractivity contribution is 6.31. The highest BCUT2D eigenvalue weighted by Gasteiger charge is 2.22. The zero-order valence-electron chi connectivity index (χ0n) is 14.9. The number of fused-ring (bicyclic) bond motifs is 3. The molecule has 25 heavy (non-hydrogen) atoms. The number of allylic oxidation sites excluding steroid dienone is 1. The van der Waals surface area contributed by atoms with Crippen molar-refractivity contribution < 1.29 is 0 Å². The standard InChI is InChI=1S/C21H22ClN3/c1-14(16-5-4-15(2)23-11-16)12-25-20-7-6-17(22)10-18(20)19-13-24(3)9-8-21(19)25/h4-7,10-12H,8-9,13H2,1-3H3. The maximum absolute atomic E-state index is 6.28. The molecular weight excluding hydrogens is 330 g/mol. The lowest BCUT2D eigenvalue weighted by atomic mass is 10.1.